The zero-order valence-electron chi connectivity index (χ0n) is 29.9. The lowest BCUT2D eigenvalue weighted by molar-refractivity contribution is 0.677. The molecule has 55 heavy (non-hydrogen) atoms. The first-order chi connectivity index (χ1) is 27.3. The number of furan rings is 1. The Bertz CT molecular complexity index is 2900. The molecule has 0 aliphatic carbocycles. The number of hydrogen-bond donors (Lipinski definition) is 0. The third-order valence-corrected chi connectivity index (χ3v) is 11.0. The zero-order valence-corrected chi connectivity index (χ0v) is 29.9. The van der Waals surface area contributed by atoms with E-state index >= 15 is 0 Å². The van der Waals surface area contributed by atoms with Crippen molar-refractivity contribution >= 4 is 99.2 Å². The van der Waals surface area contributed by atoms with Crippen LogP contribution >= 0.6 is 0 Å². The highest BCUT2D eigenvalue weighted by Crippen LogP contribution is 2.48. The summed E-state index contributed by atoms with van der Waals surface area (Å²) in [5, 5.41) is 11.6. The van der Waals surface area contributed by atoms with Crippen molar-refractivity contribution in [2.75, 3.05) is 9.80 Å². The minimum absolute atomic E-state index is 0.915. The molecule has 0 aliphatic heterocycles. The summed E-state index contributed by atoms with van der Waals surface area (Å²) in [6.07, 6.45) is 0. The SMILES string of the molecule is c1ccc(N(c2ccccc2)c2ccc3c(c2)c2ccccc2c2c3oc3c4ccc(N(c5ccccc5)c5ccccc5)cc4c4ccccc4c32)cc1. The van der Waals surface area contributed by atoms with Gasteiger partial charge in [-0.25, -0.2) is 0 Å². The second-order valence-corrected chi connectivity index (χ2v) is 14.1. The van der Waals surface area contributed by atoms with Crippen molar-refractivity contribution in [1.82, 2.24) is 0 Å². The van der Waals surface area contributed by atoms with E-state index in [2.05, 4.69) is 216 Å². The summed E-state index contributed by atoms with van der Waals surface area (Å²) >= 11 is 0. The summed E-state index contributed by atoms with van der Waals surface area (Å²) in [5.74, 6) is 0. The van der Waals surface area contributed by atoms with Gasteiger partial charge in [-0.05, 0) is 117 Å². The molecule has 3 nitrogen and oxygen atoms in total. The molecule has 1 heterocycles. The van der Waals surface area contributed by atoms with Gasteiger partial charge in [-0.2, -0.15) is 0 Å². The van der Waals surface area contributed by atoms with Gasteiger partial charge >= 0.3 is 0 Å². The molecule has 0 saturated heterocycles. The fraction of sp³-hybridized carbons (Fsp3) is 0. The molecule has 0 saturated carbocycles. The normalized spacial score (nSPS) is 11.6. The van der Waals surface area contributed by atoms with Gasteiger partial charge in [-0.3, -0.25) is 0 Å². The standard InChI is InChI=1S/C52H34N2O/c1-5-17-35(18-6-1)53(36-19-7-2-8-20-36)39-29-31-45-47(33-39)41-25-13-15-27-43(41)49-50-44-28-16-14-26-42(44)48-34-40(30-32-46(48)52(50)55-51(45)49)54(37-21-9-3-10-22-37)38-23-11-4-12-24-38/h1-34H. The Balaban J connectivity index is 1.20. The van der Waals surface area contributed by atoms with Gasteiger partial charge in [0.2, 0.25) is 0 Å². The molecule has 0 fully saturated rings. The van der Waals surface area contributed by atoms with Crippen LogP contribution in [-0.2, 0) is 0 Å². The monoisotopic (exact) mass is 702 g/mol. The third-order valence-electron chi connectivity index (χ3n) is 11.0. The van der Waals surface area contributed by atoms with E-state index in [1.807, 2.05) is 0 Å². The van der Waals surface area contributed by atoms with Gasteiger partial charge in [0.25, 0.3) is 0 Å². The van der Waals surface area contributed by atoms with E-state index in [4.69, 9.17) is 4.42 Å². The smallest absolute Gasteiger partial charge is 0.143 e. The van der Waals surface area contributed by atoms with Crippen molar-refractivity contribution in [2.24, 2.45) is 0 Å². The maximum atomic E-state index is 7.21. The first-order valence-electron chi connectivity index (χ1n) is 18.8. The van der Waals surface area contributed by atoms with Gasteiger partial charge in [0.15, 0.2) is 0 Å². The van der Waals surface area contributed by atoms with Gasteiger partial charge in [-0.1, -0.05) is 121 Å². The zero-order chi connectivity index (χ0) is 36.3. The molecule has 0 aliphatic rings. The molecule has 10 aromatic carbocycles. The minimum Gasteiger partial charge on any atom is -0.455 e. The Labute approximate surface area is 318 Å². The molecule has 0 spiro atoms. The van der Waals surface area contributed by atoms with Crippen LogP contribution in [0.2, 0.25) is 0 Å². The highest BCUT2D eigenvalue weighted by Gasteiger charge is 2.23. The first-order valence-corrected chi connectivity index (χ1v) is 18.8. The van der Waals surface area contributed by atoms with E-state index in [1.165, 1.54) is 21.5 Å². The minimum atomic E-state index is 0.915. The number of benzene rings is 10. The van der Waals surface area contributed by atoms with Crippen LogP contribution in [0.15, 0.2) is 211 Å². The van der Waals surface area contributed by atoms with E-state index in [0.29, 0.717) is 0 Å². The predicted molar refractivity (Wildman–Crippen MR) is 233 cm³/mol. The Hall–Kier alpha value is -7.36. The van der Waals surface area contributed by atoms with Crippen molar-refractivity contribution < 1.29 is 4.42 Å². The molecule has 0 bridgehead atoms. The number of hydrogen-bond acceptors (Lipinski definition) is 3. The molecular weight excluding hydrogens is 669 g/mol. The van der Waals surface area contributed by atoms with Crippen LogP contribution in [-0.4, -0.2) is 0 Å². The van der Waals surface area contributed by atoms with E-state index in [1.54, 1.807) is 0 Å². The van der Waals surface area contributed by atoms with Crippen molar-refractivity contribution in [3.63, 3.8) is 0 Å². The van der Waals surface area contributed by atoms with Crippen LogP contribution in [0.4, 0.5) is 34.1 Å². The van der Waals surface area contributed by atoms with E-state index < -0.39 is 0 Å². The predicted octanol–water partition coefficient (Wildman–Crippen LogP) is 15.1. The first kappa shape index (κ1) is 31.2. The Morgan fingerprint density at radius 3 is 0.891 bits per heavy atom. The van der Waals surface area contributed by atoms with E-state index in [-0.39, 0.29) is 0 Å². The highest BCUT2D eigenvalue weighted by atomic mass is 16.3. The molecule has 0 amide bonds. The number of fused-ring (bicyclic) bond motifs is 13. The van der Waals surface area contributed by atoms with Crippen molar-refractivity contribution in [2.45, 2.75) is 0 Å². The number of rotatable bonds is 6. The van der Waals surface area contributed by atoms with Gasteiger partial charge in [0.1, 0.15) is 11.2 Å². The fourth-order valence-corrected chi connectivity index (χ4v) is 8.58. The summed E-state index contributed by atoms with van der Waals surface area (Å²) in [6, 6.07) is 73.6. The van der Waals surface area contributed by atoms with E-state index in [0.717, 1.165) is 77.6 Å². The number of nitrogens with zero attached hydrogens (tertiary/aromatic N) is 2. The van der Waals surface area contributed by atoms with Crippen LogP contribution in [0.25, 0.3) is 65.0 Å². The summed E-state index contributed by atoms with van der Waals surface area (Å²) in [6.45, 7) is 0. The number of para-hydroxylation sites is 4. The van der Waals surface area contributed by atoms with Gasteiger partial charge in [0.05, 0.1) is 0 Å². The van der Waals surface area contributed by atoms with Crippen LogP contribution in [0, 0.1) is 0 Å². The van der Waals surface area contributed by atoms with Crippen molar-refractivity contribution in [3.8, 4) is 0 Å². The molecule has 3 heteroatoms. The summed E-state index contributed by atoms with van der Waals surface area (Å²) < 4.78 is 7.21. The Kier molecular flexibility index (Phi) is 7.17. The van der Waals surface area contributed by atoms with Crippen LogP contribution < -0.4 is 9.80 Å². The quantitative estimate of drug-likeness (QED) is 0.161. The topological polar surface area (TPSA) is 19.6 Å². The Morgan fingerprint density at radius 2 is 0.545 bits per heavy atom. The van der Waals surface area contributed by atoms with Crippen LogP contribution in [0.1, 0.15) is 0 Å². The average Bonchev–Trinajstić information content (AvgIpc) is 3.67. The summed E-state index contributed by atoms with van der Waals surface area (Å²) in [7, 11) is 0. The summed E-state index contributed by atoms with van der Waals surface area (Å²) in [5.41, 5.74) is 8.45. The van der Waals surface area contributed by atoms with Gasteiger partial charge in [0, 0.05) is 55.7 Å². The van der Waals surface area contributed by atoms with Crippen LogP contribution in [0.3, 0.4) is 0 Å². The maximum absolute atomic E-state index is 7.21. The van der Waals surface area contributed by atoms with Crippen molar-refractivity contribution in [3.05, 3.63) is 206 Å². The molecule has 11 aromatic rings. The molecule has 1 aromatic heterocycles. The third kappa shape index (κ3) is 4.98. The number of anilines is 6. The lowest BCUT2D eigenvalue weighted by atomic mass is 9.92. The van der Waals surface area contributed by atoms with E-state index in [9.17, 15) is 0 Å². The molecule has 258 valence electrons. The molecule has 0 radical (unpaired) electrons. The molecule has 0 atom stereocenters. The maximum Gasteiger partial charge on any atom is 0.143 e. The Morgan fingerprint density at radius 1 is 0.236 bits per heavy atom. The van der Waals surface area contributed by atoms with Crippen molar-refractivity contribution in [1.29, 1.82) is 0 Å². The lowest BCUT2D eigenvalue weighted by Crippen LogP contribution is -2.09. The second kappa shape index (κ2) is 12.6. The average molecular weight is 703 g/mol. The second-order valence-electron chi connectivity index (χ2n) is 14.1. The molecule has 11 rings (SSSR count). The van der Waals surface area contributed by atoms with Gasteiger partial charge in [-0.15, -0.1) is 0 Å². The largest absolute Gasteiger partial charge is 0.455 e. The highest BCUT2D eigenvalue weighted by molar-refractivity contribution is 6.38. The summed E-state index contributed by atoms with van der Waals surface area (Å²) in [4.78, 5) is 4.65. The fourth-order valence-electron chi connectivity index (χ4n) is 8.58. The van der Waals surface area contributed by atoms with Gasteiger partial charge < -0.3 is 14.2 Å². The molecule has 0 N–H and O–H groups in total. The lowest BCUT2D eigenvalue weighted by Gasteiger charge is -2.26. The van der Waals surface area contributed by atoms with Crippen LogP contribution in [0.5, 0.6) is 0 Å². The molecular formula is C52H34N2O. The molecule has 0 unspecified atom stereocenters.